The van der Waals surface area contributed by atoms with Crippen LogP contribution in [0.3, 0.4) is 0 Å². The third kappa shape index (κ3) is 5.89. The Morgan fingerprint density at radius 3 is 2.29 bits per heavy atom. The first-order chi connectivity index (χ1) is 12.9. The summed E-state index contributed by atoms with van der Waals surface area (Å²) in [5.41, 5.74) is 2.88. The molecule has 28 heavy (non-hydrogen) atoms. The number of rotatable bonds is 6. The van der Waals surface area contributed by atoms with E-state index in [4.69, 9.17) is 5.14 Å². The fourth-order valence-electron chi connectivity index (χ4n) is 2.73. The van der Waals surface area contributed by atoms with Crippen LogP contribution in [0, 0.1) is 0 Å². The van der Waals surface area contributed by atoms with Gasteiger partial charge in [0.05, 0.1) is 10.9 Å². The minimum atomic E-state index is -3.81. The minimum Gasteiger partial charge on any atom is -0.325 e. The van der Waals surface area contributed by atoms with Gasteiger partial charge in [-0.1, -0.05) is 51.1 Å². The number of amides is 1. The van der Waals surface area contributed by atoms with Crippen LogP contribution >= 0.6 is 0 Å². The lowest BCUT2D eigenvalue weighted by atomic mass is 9.87. The van der Waals surface area contributed by atoms with Crippen molar-refractivity contribution in [3.05, 3.63) is 59.7 Å². The van der Waals surface area contributed by atoms with Gasteiger partial charge in [-0.25, -0.2) is 13.6 Å². The quantitative estimate of drug-likeness (QED) is 0.775. The molecular weight excluding hydrogens is 374 g/mol. The number of nitrogens with zero attached hydrogens (tertiary/aromatic N) is 1. The predicted octanol–water partition coefficient (Wildman–Crippen LogP) is 3.09. The summed E-state index contributed by atoms with van der Waals surface area (Å²) in [7, 11) is -1.94. The van der Waals surface area contributed by atoms with E-state index in [1.807, 2.05) is 18.9 Å². The van der Waals surface area contributed by atoms with Crippen LogP contribution < -0.4 is 10.5 Å². The topological polar surface area (TPSA) is 92.5 Å². The van der Waals surface area contributed by atoms with Crippen molar-refractivity contribution < 1.29 is 13.2 Å². The molecule has 2 aromatic carbocycles. The van der Waals surface area contributed by atoms with Gasteiger partial charge in [0.15, 0.2) is 0 Å². The van der Waals surface area contributed by atoms with E-state index in [0.29, 0.717) is 12.2 Å². The summed E-state index contributed by atoms with van der Waals surface area (Å²) in [6.07, 6.45) is 0. The van der Waals surface area contributed by atoms with Gasteiger partial charge in [-0.15, -0.1) is 0 Å². The van der Waals surface area contributed by atoms with Crippen molar-refractivity contribution >= 4 is 21.6 Å². The van der Waals surface area contributed by atoms with Gasteiger partial charge in [-0.2, -0.15) is 0 Å². The second-order valence-corrected chi connectivity index (χ2v) is 9.66. The largest absolute Gasteiger partial charge is 0.325 e. The summed E-state index contributed by atoms with van der Waals surface area (Å²) in [5, 5.41) is 7.89. The van der Waals surface area contributed by atoms with Gasteiger partial charge in [-0.05, 0) is 48.7 Å². The predicted molar refractivity (Wildman–Crippen MR) is 113 cm³/mol. The molecular formula is C21H29N3O3S. The molecule has 0 saturated carbocycles. The Balaban J connectivity index is 2.03. The number of anilines is 1. The lowest BCUT2D eigenvalue weighted by Crippen LogP contribution is -2.39. The van der Waals surface area contributed by atoms with Crippen molar-refractivity contribution in [3.8, 4) is 0 Å². The molecule has 0 spiro atoms. The maximum Gasteiger partial charge on any atom is 0.241 e. The summed E-state index contributed by atoms with van der Waals surface area (Å²) in [6, 6.07) is 13.9. The summed E-state index contributed by atoms with van der Waals surface area (Å²) in [6.45, 7) is 8.95. The number of hydrogen-bond donors (Lipinski definition) is 2. The molecule has 1 unspecified atom stereocenters. The maximum atomic E-state index is 12.6. The van der Waals surface area contributed by atoms with Crippen LogP contribution in [0.4, 0.5) is 5.69 Å². The lowest BCUT2D eigenvalue weighted by Gasteiger charge is -2.25. The Morgan fingerprint density at radius 2 is 1.75 bits per heavy atom. The molecule has 7 heteroatoms. The molecule has 0 aliphatic rings. The molecule has 1 atom stereocenters. The van der Waals surface area contributed by atoms with Crippen LogP contribution in [0.1, 0.15) is 38.8 Å². The summed E-state index contributed by atoms with van der Waals surface area (Å²) >= 11 is 0. The highest BCUT2D eigenvalue weighted by Crippen LogP contribution is 2.22. The minimum absolute atomic E-state index is 0.0368. The van der Waals surface area contributed by atoms with Crippen LogP contribution in [-0.2, 0) is 26.8 Å². The number of sulfonamides is 1. The highest BCUT2D eigenvalue weighted by Gasteiger charge is 2.19. The van der Waals surface area contributed by atoms with Crippen LogP contribution in [0.2, 0.25) is 0 Å². The Morgan fingerprint density at radius 1 is 1.14 bits per heavy atom. The fourth-order valence-corrected chi connectivity index (χ4v) is 3.29. The second kappa shape index (κ2) is 8.43. The molecule has 2 aromatic rings. The fraction of sp³-hybridized carbons (Fsp3) is 0.381. The van der Waals surface area contributed by atoms with E-state index < -0.39 is 16.1 Å². The smallest absolute Gasteiger partial charge is 0.241 e. The second-order valence-electron chi connectivity index (χ2n) is 8.10. The van der Waals surface area contributed by atoms with Gasteiger partial charge in [0.1, 0.15) is 0 Å². The van der Waals surface area contributed by atoms with E-state index in [-0.39, 0.29) is 16.2 Å². The van der Waals surface area contributed by atoms with Crippen LogP contribution in [-0.4, -0.2) is 32.3 Å². The van der Waals surface area contributed by atoms with E-state index in [2.05, 4.69) is 50.4 Å². The zero-order valence-corrected chi connectivity index (χ0v) is 17.9. The molecule has 1 amide bonds. The summed E-state index contributed by atoms with van der Waals surface area (Å²) < 4.78 is 22.9. The molecule has 2 rings (SSSR count). The lowest BCUT2D eigenvalue weighted by molar-refractivity contribution is -0.120. The Kier molecular flexibility index (Phi) is 6.64. The number of likely N-dealkylation sites (N-methyl/N-ethyl adjacent to an activating group) is 1. The molecule has 0 aliphatic heterocycles. The van der Waals surface area contributed by atoms with Gasteiger partial charge in [0, 0.05) is 12.2 Å². The van der Waals surface area contributed by atoms with Crippen LogP contribution in [0.25, 0.3) is 0 Å². The monoisotopic (exact) mass is 403 g/mol. The van der Waals surface area contributed by atoms with Crippen molar-refractivity contribution in [2.75, 3.05) is 12.4 Å². The number of nitrogens with one attached hydrogen (secondary N) is 1. The van der Waals surface area contributed by atoms with Crippen molar-refractivity contribution in [1.29, 1.82) is 0 Å². The van der Waals surface area contributed by atoms with Crippen molar-refractivity contribution in [2.45, 2.75) is 50.6 Å². The molecule has 3 N–H and O–H groups in total. The van der Waals surface area contributed by atoms with Gasteiger partial charge < -0.3 is 5.32 Å². The molecule has 0 aromatic heterocycles. The molecule has 6 nitrogen and oxygen atoms in total. The van der Waals surface area contributed by atoms with Crippen molar-refractivity contribution in [3.63, 3.8) is 0 Å². The average molecular weight is 404 g/mol. The summed E-state index contributed by atoms with van der Waals surface area (Å²) in [5.74, 6) is -0.222. The number of nitrogens with two attached hydrogens (primary N) is 1. The third-order valence-corrected chi connectivity index (χ3v) is 5.63. The zero-order valence-electron chi connectivity index (χ0n) is 17.1. The molecule has 152 valence electrons. The molecule has 0 aliphatic carbocycles. The van der Waals surface area contributed by atoms with E-state index in [9.17, 15) is 13.2 Å². The third-order valence-electron chi connectivity index (χ3n) is 4.72. The number of primary sulfonamides is 1. The molecule has 0 bridgehead atoms. The summed E-state index contributed by atoms with van der Waals surface area (Å²) in [4.78, 5) is 14.5. The number of benzene rings is 2. The normalized spacial score (nSPS) is 13.4. The highest BCUT2D eigenvalue weighted by molar-refractivity contribution is 7.89. The number of carbonyl (C=O) groups excluding carboxylic acids is 1. The van der Waals surface area contributed by atoms with Crippen LogP contribution in [0.5, 0.6) is 0 Å². The molecule has 0 radical (unpaired) electrons. The first-order valence-electron chi connectivity index (χ1n) is 9.11. The molecule has 0 fully saturated rings. The van der Waals surface area contributed by atoms with Gasteiger partial charge in [0.2, 0.25) is 15.9 Å². The standard InChI is InChI=1S/C21H29N3O3S/c1-15(20(25)23-18-7-6-8-19(13-18)28(22,26)27)24(5)14-16-9-11-17(12-10-16)21(2,3)4/h6-13,15H,14H2,1-5H3,(H,23,25)(H2,22,26,27). The molecule has 0 heterocycles. The molecule has 0 saturated heterocycles. The van der Waals surface area contributed by atoms with Gasteiger partial charge >= 0.3 is 0 Å². The first kappa shape index (κ1) is 22.1. The maximum absolute atomic E-state index is 12.6. The van der Waals surface area contributed by atoms with Crippen molar-refractivity contribution in [2.24, 2.45) is 5.14 Å². The Bertz CT molecular complexity index is 932. The Labute approximate surface area is 167 Å². The zero-order chi connectivity index (χ0) is 21.1. The van der Waals surface area contributed by atoms with Gasteiger partial charge in [-0.3, -0.25) is 9.69 Å². The van der Waals surface area contributed by atoms with E-state index >= 15 is 0 Å². The number of hydrogen-bond acceptors (Lipinski definition) is 4. The van der Waals surface area contributed by atoms with E-state index in [1.54, 1.807) is 12.1 Å². The number of carbonyl (C=O) groups is 1. The van der Waals surface area contributed by atoms with E-state index in [1.165, 1.54) is 17.7 Å². The van der Waals surface area contributed by atoms with Gasteiger partial charge in [0.25, 0.3) is 0 Å². The van der Waals surface area contributed by atoms with Crippen LogP contribution in [0.15, 0.2) is 53.4 Å². The highest BCUT2D eigenvalue weighted by atomic mass is 32.2. The van der Waals surface area contributed by atoms with Crippen molar-refractivity contribution in [1.82, 2.24) is 4.90 Å². The Hall–Kier alpha value is -2.22. The SMILES string of the molecule is CC(C(=O)Nc1cccc(S(N)(=O)=O)c1)N(C)Cc1ccc(C(C)(C)C)cc1. The average Bonchev–Trinajstić information content (AvgIpc) is 2.60. The first-order valence-corrected chi connectivity index (χ1v) is 10.7. The van der Waals surface area contributed by atoms with E-state index in [0.717, 1.165) is 5.56 Å².